The minimum atomic E-state index is -0.393. The summed E-state index contributed by atoms with van der Waals surface area (Å²) < 4.78 is 13.9. The number of likely N-dealkylation sites (tertiary alicyclic amines) is 1. The van der Waals surface area contributed by atoms with Crippen molar-refractivity contribution < 1.29 is 28.7 Å². The van der Waals surface area contributed by atoms with Crippen LogP contribution in [0, 0.1) is 16.7 Å². The summed E-state index contributed by atoms with van der Waals surface area (Å²) in [5, 5.41) is 11.2. The van der Waals surface area contributed by atoms with Crippen LogP contribution in [-0.4, -0.2) is 93.3 Å². The van der Waals surface area contributed by atoms with Gasteiger partial charge in [-0.25, -0.2) is 4.98 Å². The number of amides is 2. The molecular weight excluding hydrogens is 819 g/mol. The number of hydrogen-bond donors (Lipinski definition) is 2. The molecule has 2 N–H and O–H groups in total. The Bertz CT molecular complexity index is 2400. The molecule has 61 heavy (non-hydrogen) atoms. The lowest BCUT2D eigenvalue weighted by Gasteiger charge is -2.32. The van der Waals surface area contributed by atoms with E-state index in [0.717, 1.165) is 101 Å². The highest BCUT2D eigenvalue weighted by Crippen LogP contribution is 2.63. The van der Waals surface area contributed by atoms with Gasteiger partial charge < -0.3 is 24.7 Å². The topological polar surface area (TPSA) is 153 Å². The van der Waals surface area contributed by atoms with Gasteiger partial charge in [-0.2, -0.15) is 5.10 Å². The number of esters is 2. The molecule has 322 valence electrons. The molecule has 2 aliphatic carbocycles. The van der Waals surface area contributed by atoms with E-state index in [-0.39, 0.29) is 46.3 Å². The largest absolute Gasteiger partial charge is 0.469 e. The van der Waals surface area contributed by atoms with Crippen molar-refractivity contribution in [3.05, 3.63) is 81.1 Å². The number of carbonyl (C=O) groups is 4. The Hall–Kier alpha value is -4.76. The summed E-state index contributed by atoms with van der Waals surface area (Å²) in [6.45, 7) is 4.57. The molecule has 0 radical (unpaired) electrons. The van der Waals surface area contributed by atoms with Crippen LogP contribution in [0.3, 0.4) is 0 Å². The van der Waals surface area contributed by atoms with Crippen LogP contribution in [-0.2, 0) is 45.6 Å². The normalized spacial score (nSPS) is 24.6. The monoisotopic (exact) mass is 870 g/mol. The molecular formula is C45H52Cl2N8O6. The third-order valence-electron chi connectivity index (χ3n) is 14.3. The van der Waals surface area contributed by atoms with E-state index in [2.05, 4.69) is 25.5 Å². The summed E-state index contributed by atoms with van der Waals surface area (Å²) in [5.41, 5.74) is 5.07. The highest BCUT2D eigenvalue weighted by molar-refractivity contribution is 6.40. The van der Waals surface area contributed by atoms with E-state index in [4.69, 9.17) is 37.7 Å². The first-order valence-corrected chi connectivity index (χ1v) is 22.1. The zero-order valence-electron chi connectivity index (χ0n) is 34.9. The molecule has 0 spiro atoms. The average molecular weight is 872 g/mol. The highest BCUT2D eigenvalue weighted by Gasteiger charge is 2.58. The van der Waals surface area contributed by atoms with E-state index in [0.29, 0.717) is 58.0 Å². The lowest BCUT2D eigenvalue weighted by molar-refractivity contribution is -0.152. The van der Waals surface area contributed by atoms with E-state index >= 15 is 0 Å². The molecule has 0 unspecified atom stereocenters. The Morgan fingerprint density at radius 1 is 0.885 bits per heavy atom. The van der Waals surface area contributed by atoms with Crippen LogP contribution in [0.5, 0.6) is 0 Å². The number of hydrogen-bond acceptors (Lipinski definition) is 10. The zero-order chi connectivity index (χ0) is 42.6. The van der Waals surface area contributed by atoms with Gasteiger partial charge in [-0.15, -0.1) is 0 Å². The number of carbonyl (C=O) groups excluding carboxylic acids is 4. The fourth-order valence-corrected chi connectivity index (χ4v) is 11.5. The number of methoxy groups -OCH3 is 2. The van der Waals surface area contributed by atoms with Crippen LogP contribution in [0.2, 0.25) is 10.0 Å². The van der Waals surface area contributed by atoms with E-state index < -0.39 is 5.91 Å². The minimum Gasteiger partial charge on any atom is -0.469 e. The second-order valence-electron chi connectivity index (χ2n) is 17.7. The van der Waals surface area contributed by atoms with Gasteiger partial charge in [0.1, 0.15) is 0 Å². The molecule has 3 aliphatic heterocycles. The molecule has 16 heteroatoms. The maximum Gasteiger partial charge on any atom is 0.311 e. The van der Waals surface area contributed by atoms with Gasteiger partial charge in [-0.1, -0.05) is 47.5 Å². The van der Waals surface area contributed by atoms with Crippen LogP contribution < -0.4 is 10.6 Å². The molecule has 2 bridgehead atoms. The van der Waals surface area contributed by atoms with Crippen molar-refractivity contribution in [3.63, 3.8) is 0 Å². The number of benzene rings is 2. The molecule has 2 aromatic heterocycles. The molecule has 4 aromatic rings. The van der Waals surface area contributed by atoms with Gasteiger partial charge in [0.15, 0.2) is 11.5 Å². The van der Waals surface area contributed by atoms with Gasteiger partial charge in [0.05, 0.1) is 64.4 Å². The van der Waals surface area contributed by atoms with E-state index in [1.165, 1.54) is 14.2 Å². The minimum absolute atomic E-state index is 0.0449. The predicted octanol–water partition coefficient (Wildman–Crippen LogP) is 7.30. The van der Waals surface area contributed by atoms with Gasteiger partial charge in [0.2, 0.25) is 0 Å². The second-order valence-corrected chi connectivity index (χ2v) is 18.5. The molecule has 5 heterocycles. The molecule has 3 fully saturated rings. The van der Waals surface area contributed by atoms with Gasteiger partial charge in [-0.05, 0) is 94.5 Å². The van der Waals surface area contributed by atoms with Gasteiger partial charge in [0.25, 0.3) is 11.8 Å². The van der Waals surface area contributed by atoms with E-state index in [9.17, 15) is 19.2 Å². The van der Waals surface area contributed by atoms with Gasteiger partial charge in [-0.3, -0.25) is 33.7 Å². The van der Waals surface area contributed by atoms with E-state index in [1.807, 2.05) is 34.5 Å². The number of aryl methyl sites for hydroxylation is 1. The maximum absolute atomic E-state index is 13.8. The molecule has 9 rings (SSSR count). The molecule has 2 saturated carbocycles. The number of anilines is 2. The zero-order valence-corrected chi connectivity index (χ0v) is 36.4. The summed E-state index contributed by atoms with van der Waals surface area (Å²) in [4.78, 5) is 61.8. The molecule has 1 saturated heterocycles. The number of halogens is 2. The van der Waals surface area contributed by atoms with E-state index in [1.54, 1.807) is 24.3 Å². The number of imidazole rings is 1. The van der Waals surface area contributed by atoms with Crippen molar-refractivity contribution in [1.82, 2.24) is 29.1 Å². The van der Waals surface area contributed by atoms with Crippen LogP contribution >= 0.6 is 23.2 Å². The molecule has 2 atom stereocenters. The van der Waals surface area contributed by atoms with Crippen molar-refractivity contribution in [3.8, 4) is 11.1 Å². The van der Waals surface area contributed by atoms with Crippen molar-refractivity contribution in [1.29, 1.82) is 0 Å². The van der Waals surface area contributed by atoms with Crippen molar-refractivity contribution in [2.45, 2.75) is 83.3 Å². The quantitative estimate of drug-likeness (QED) is 0.147. The Morgan fingerprint density at radius 2 is 1.59 bits per heavy atom. The summed E-state index contributed by atoms with van der Waals surface area (Å²) >= 11 is 14.0. The first-order valence-electron chi connectivity index (χ1n) is 21.4. The second kappa shape index (κ2) is 16.5. The first kappa shape index (κ1) is 41.6. The smallest absolute Gasteiger partial charge is 0.311 e. The summed E-state index contributed by atoms with van der Waals surface area (Å²) in [6, 6.07) is 12.6. The number of nitrogens with one attached hydrogen (secondary N) is 2. The van der Waals surface area contributed by atoms with Crippen LogP contribution in [0.4, 0.5) is 11.4 Å². The third-order valence-corrected chi connectivity index (χ3v) is 15.1. The van der Waals surface area contributed by atoms with Crippen molar-refractivity contribution in [2.24, 2.45) is 23.8 Å². The van der Waals surface area contributed by atoms with Crippen LogP contribution in [0.15, 0.2) is 42.5 Å². The first-order chi connectivity index (χ1) is 29.4. The fourth-order valence-electron chi connectivity index (χ4n) is 10.9. The molecule has 2 amide bonds. The van der Waals surface area contributed by atoms with Crippen molar-refractivity contribution >= 4 is 58.3 Å². The Balaban J connectivity index is 0.855. The standard InChI is InChI=1S/C45H52Cl2N8O6/c1-52-34-13-20-53(22-18-44-14-16-45(26-44,17-15-44)43(59)61-3)25-33(34)48-39(52)41(57)50-31-10-5-8-29(38(31)47)28-7-4-9-30(37(28)46)49-40(56)32-23-36-35(11-6-19-55(36)51-32)54-21-12-27(24-54)42(58)60-2/h4-5,7-10,23,27,35H,6,11-22,24-26H2,1-3H3,(H,49,56)(H,50,57)/t27-,35-,44?,45?/m1/s1. The number of ether oxygens (including phenoxy) is 2. The Morgan fingerprint density at radius 3 is 2.28 bits per heavy atom. The Labute approximate surface area is 365 Å². The van der Waals surface area contributed by atoms with Gasteiger partial charge >= 0.3 is 11.9 Å². The predicted molar refractivity (Wildman–Crippen MR) is 230 cm³/mol. The summed E-state index contributed by atoms with van der Waals surface area (Å²) in [7, 11) is 4.80. The highest BCUT2D eigenvalue weighted by atomic mass is 35.5. The lowest BCUT2D eigenvalue weighted by Crippen LogP contribution is -2.34. The number of aromatic nitrogens is 4. The van der Waals surface area contributed by atoms with Crippen molar-refractivity contribution in [2.75, 3.05) is 51.0 Å². The summed E-state index contributed by atoms with van der Waals surface area (Å²) in [6.07, 6.45) is 9.32. The maximum atomic E-state index is 13.8. The third kappa shape index (κ3) is 7.63. The Kier molecular flexibility index (Phi) is 11.2. The fraction of sp³-hybridized carbons (Fsp3) is 0.511. The number of nitrogens with zero attached hydrogens (tertiary/aromatic N) is 6. The SMILES string of the molecule is COC(=O)[C@@H]1CCN([C@@H]2CCCn3nc(C(=O)Nc4cccc(-c5cccc(NC(=O)c6nc7c(n6C)CCN(CCC68CCC(C(=O)OC)(CC6)C8)C7)c5Cl)c4Cl)cc32)C1. The van der Waals surface area contributed by atoms with Crippen LogP contribution in [0.25, 0.3) is 11.1 Å². The van der Waals surface area contributed by atoms with Crippen LogP contribution in [0.1, 0.15) is 102 Å². The molecule has 14 nitrogen and oxygen atoms in total. The van der Waals surface area contributed by atoms with Gasteiger partial charge in [0, 0.05) is 56.5 Å². The number of fused-ring (bicyclic) bond motifs is 4. The lowest BCUT2D eigenvalue weighted by atomic mass is 9.80. The molecule has 5 aliphatic rings. The average Bonchev–Trinajstić information content (AvgIpc) is 4.12. The molecule has 2 aromatic carbocycles. The number of rotatable bonds is 11. The summed E-state index contributed by atoms with van der Waals surface area (Å²) in [5.74, 6) is -0.839.